The normalized spacial score (nSPS) is 12.9. The molecule has 0 bridgehead atoms. The van der Waals surface area contributed by atoms with Gasteiger partial charge in [0.2, 0.25) is 0 Å². The molecule has 5 heteroatoms. The van der Waals surface area contributed by atoms with Gasteiger partial charge in [0.05, 0.1) is 6.10 Å². The van der Waals surface area contributed by atoms with E-state index in [1.54, 1.807) is 6.07 Å². The van der Waals surface area contributed by atoms with Gasteiger partial charge in [0, 0.05) is 15.8 Å². The fraction of sp³-hybridized carbons (Fsp3) is 0.286. The third-order valence-corrected chi connectivity index (χ3v) is 3.89. The molecule has 0 spiro atoms. The predicted octanol–water partition coefficient (Wildman–Crippen LogP) is 2.79. The zero-order chi connectivity index (χ0) is 9.14. The highest BCUT2D eigenvalue weighted by Gasteiger charge is 2.12. The number of rotatable bonds is 3. The SMILES string of the molecule is O=CCC(O)c1cc(Br)c(Cl)s1. The summed E-state index contributed by atoms with van der Waals surface area (Å²) in [6, 6.07) is 1.72. The van der Waals surface area contributed by atoms with Gasteiger partial charge in [-0.3, -0.25) is 0 Å². The average Bonchev–Trinajstić information content (AvgIpc) is 2.33. The fourth-order valence-corrected chi connectivity index (χ4v) is 2.47. The topological polar surface area (TPSA) is 37.3 Å². The first-order valence-electron chi connectivity index (χ1n) is 3.21. The van der Waals surface area contributed by atoms with Crippen LogP contribution in [0.15, 0.2) is 10.5 Å². The molecule has 0 aliphatic heterocycles. The maximum atomic E-state index is 10.1. The van der Waals surface area contributed by atoms with E-state index >= 15 is 0 Å². The second-order valence-electron chi connectivity index (χ2n) is 2.19. The van der Waals surface area contributed by atoms with Crippen LogP contribution in [0.2, 0.25) is 4.34 Å². The third-order valence-electron chi connectivity index (χ3n) is 1.31. The molecule has 0 aromatic carbocycles. The first-order chi connectivity index (χ1) is 5.65. The summed E-state index contributed by atoms with van der Waals surface area (Å²) in [4.78, 5) is 10.8. The molecule has 1 aromatic rings. The number of aliphatic hydroxyl groups is 1. The molecule has 0 radical (unpaired) electrons. The second-order valence-corrected chi connectivity index (χ2v) is 4.73. The number of halogens is 2. The lowest BCUT2D eigenvalue weighted by Crippen LogP contribution is -1.93. The van der Waals surface area contributed by atoms with Gasteiger partial charge in [-0.2, -0.15) is 0 Å². The summed E-state index contributed by atoms with van der Waals surface area (Å²) in [5.74, 6) is 0. The van der Waals surface area contributed by atoms with Gasteiger partial charge < -0.3 is 9.90 Å². The molecule has 1 unspecified atom stereocenters. The molecule has 0 aliphatic carbocycles. The molecule has 0 fully saturated rings. The van der Waals surface area contributed by atoms with Gasteiger partial charge in [-0.15, -0.1) is 11.3 Å². The lowest BCUT2D eigenvalue weighted by molar-refractivity contribution is -0.109. The summed E-state index contributed by atoms with van der Waals surface area (Å²) in [6.07, 6.45) is 0.0754. The maximum absolute atomic E-state index is 10.1. The van der Waals surface area contributed by atoms with E-state index in [0.717, 1.165) is 4.47 Å². The Morgan fingerprint density at radius 1 is 1.83 bits per heavy atom. The minimum absolute atomic E-state index is 0.114. The Labute approximate surface area is 87.3 Å². The average molecular weight is 270 g/mol. The molecule has 12 heavy (non-hydrogen) atoms. The molecule has 66 valence electrons. The highest BCUT2D eigenvalue weighted by molar-refractivity contribution is 9.10. The zero-order valence-electron chi connectivity index (χ0n) is 5.96. The first-order valence-corrected chi connectivity index (χ1v) is 5.20. The van der Waals surface area contributed by atoms with E-state index in [0.29, 0.717) is 15.5 Å². The molecule has 1 atom stereocenters. The minimum atomic E-state index is -0.726. The van der Waals surface area contributed by atoms with Gasteiger partial charge >= 0.3 is 0 Å². The van der Waals surface area contributed by atoms with E-state index in [1.807, 2.05) is 0 Å². The van der Waals surface area contributed by atoms with E-state index < -0.39 is 6.10 Å². The van der Waals surface area contributed by atoms with Gasteiger partial charge in [0.15, 0.2) is 0 Å². The molecule has 2 nitrogen and oxygen atoms in total. The smallest absolute Gasteiger partial charge is 0.122 e. The second kappa shape index (κ2) is 4.37. The Hall–Kier alpha value is 0.1000. The Morgan fingerprint density at radius 2 is 2.50 bits per heavy atom. The lowest BCUT2D eigenvalue weighted by atomic mass is 10.2. The number of aldehydes is 1. The molecular formula is C7H6BrClO2S. The van der Waals surface area contributed by atoms with Crippen LogP contribution in [0.4, 0.5) is 0 Å². The van der Waals surface area contributed by atoms with Gasteiger partial charge in [0.1, 0.15) is 10.6 Å². The summed E-state index contributed by atoms with van der Waals surface area (Å²) in [7, 11) is 0. The van der Waals surface area contributed by atoms with Crippen LogP contribution in [0.1, 0.15) is 17.4 Å². The van der Waals surface area contributed by atoms with Crippen LogP contribution < -0.4 is 0 Å². The molecule has 1 N–H and O–H groups in total. The van der Waals surface area contributed by atoms with Crippen molar-refractivity contribution < 1.29 is 9.90 Å². The molecule has 0 saturated heterocycles. The molecule has 1 heterocycles. The van der Waals surface area contributed by atoms with E-state index in [9.17, 15) is 9.90 Å². The monoisotopic (exact) mass is 268 g/mol. The highest BCUT2D eigenvalue weighted by Crippen LogP contribution is 2.35. The number of hydrogen-bond donors (Lipinski definition) is 1. The van der Waals surface area contributed by atoms with Crippen LogP contribution in [0.5, 0.6) is 0 Å². The van der Waals surface area contributed by atoms with Crippen molar-refractivity contribution in [3.8, 4) is 0 Å². The Balaban J connectivity index is 2.80. The summed E-state index contributed by atoms with van der Waals surface area (Å²) < 4.78 is 1.35. The Bertz CT molecular complexity index is 267. The Kier molecular flexibility index (Phi) is 3.71. The van der Waals surface area contributed by atoms with Crippen molar-refractivity contribution in [3.63, 3.8) is 0 Å². The molecule has 1 rings (SSSR count). The number of aliphatic hydroxyl groups excluding tert-OH is 1. The lowest BCUT2D eigenvalue weighted by Gasteiger charge is -2.00. The Morgan fingerprint density at radius 3 is 2.92 bits per heavy atom. The fourth-order valence-electron chi connectivity index (χ4n) is 0.735. The molecule has 0 saturated carbocycles. The number of carbonyl (C=O) groups is 1. The number of thiophene rings is 1. The summed E-state index contributed by atoms with van der Waals surface area (Å²) in [5, 5.41) is 9.36. The molecule has 0 amide bonds. The first kappa shape index (κ1) is 10.2. The predicted molar refractivity (Wildman–Crippen MR) is 52.7 cm³/mol. The molecular weight excluding hydrogens is 263 g/mol. The van der Waals surface area contributed by atoms with Crippen molar-refractivity contribution in [3.05, 3.63) is 19.8 Å². The summed E-state index contributed by atoms with van der Waals surface area (Å²) >= 11 is 10.2. The van der Waals surface area contributed by atoms with E-state index in [1.165, 1.54) is 11.3 Å². The van der Waals surface area contributed by atoms with Crippen molar-refractivity contribution in [2.75, 3.05) is 0 Å². The van der Waals surface area contributed by atoms with Gasteiger partial charge in [-0.1, -0.05) is 11.6 Å². The van der Waals surface area contributed by atoms with E-state index in [4.69, 9.17) is 11.6 Å². The highest BCUT2D eigenvalue weighted by atomic mass is 79.9. The number of carbonyl (C=O) groups excluding carboxylic acids is 1. The van der Waals surface area contributed by atoms with Gasteiger partial charge in [0.25, 0.3) is 0 Å². The maximum Gasteiger partial charge on any atom is 0.122 e. The third kappa shape index (κ3) is 2.29. The zero-order valence-corrected chi connectivity index (χ0v) is 9.12. The summed E-state index contributed by atoms with van der Waals surface area (Å²) in [5.41, 5.74) is 0. The van der Waals surface area contributed by atoms with Crippen LogP contribution in [-0.4, -0.2) is 11.4 Å². The van der Waals surface area contributed by atoms with Crippen LogP contribution >= 0.6 is 38.9 Å². The van der Waals surface area contributed by atoms with Crippen molar-refractivity contribution in [1.82, 2.24) is 0 Å². The quantitative estimate of drug-likeness (QED) is 0.857. The van der Waals surface area contributed by atoms with Crippen molar-refractivity contribution in [2.24, 2.45) is 0 Å². The van der Waals surface area contributed by atoms with Gasteiger partial charge in [-0.05, 0) is 22.0 Å². The largest absolute Gasteiger partial charge is 0.387 e. The molecule has 0 aliphatic rings. The van der Waals surface area contributed by atoms with Gasteiger partial charge in [-0.25, -0.2) is 0 Å². The minimum Gasteiger partial charge on any atom is -0.387 e. The van der Waals surface area contributed by atoms with Crippen LogP contribution in [0, 0.1) is 0 Å². The van der Waals surface area contributed by atoms with E-state index in [-0.39, 0.29) is 6.42 Å². The van der Waals surface area contributed by atoms with Crippen LogP contribution in [-0.2, 0) is 4.79 Å². The standard InChI is InChI=1S/C7H6BrClO2S/c8-4-3-6(12-7(4)9)5(11)1-2-10/h2-3,5,11H,1H2. The van der Waals surface area contributed by atoms with Crippen molar-refractivity contribution >= 4 is 45.2 Å². The van der Waals surface area contributed by atoms with Crippen LogP contribution in [0.25, 0.3) is 0 Å². The molecule has 1 aromatic heterocycles. The summed E-state index contributed by atoms with van der Waals surface area (Å²) in [6.45, 7) is 0. The van der Waals surface area contributed by atoms with Crippen molar-refractivity contribution in [2.45, 2.75) is 12.5 Å². The van der Waals surface area contributed by atoms with E-state index in [2.05, 4.69) is 15.9 Å². The van der Waals surface area contributed by atoms with Crippen molar-refractivity contribution in [1.29, 1.82) is 0 Å². The van der Waals surface area contributed by atoms with Crippen LogP contribution in [0.3, 0.4) is 0 Å². The number of hydrogen-bond acceptors (Lipinski definition) is 3.